The Balaban J connectivity index is 1.72. The molecule has 0 unspecified atom stereocenters. The summed E-state index contributed by atoms with van der Waals surface area (Å²) in [4.78, 5) is 0. The second kappa shape index (κ2) is 8.20. The highest BCUT2D eigenvalue weighted by Crippen LogP contribution is 2.17. The van der Waals surface area contributed by atoms with Crippen molar-refractivity contribution in [3.8, 4) is 11.5 Å². The molecule has 0 atom stereocenters. The Bertz CT molecular complexity index is 537. The van der Waals surface area contributed by atoms with Gasteiger partial charge in [-0.25, -0.2) is 0 Å². The number of aryl methyl sites for hydroxylation is 1. The molecule has 0 aromatic heterocycles. The van der Waals surface area contributed by atoms with Crippen LogP contribution in [0, 0.1) is 6.92 Å². The molecule has 0 saturated carbocycles. The van der Waals surface area contributed by atoms with E-state index in [1.54, 1.807) is 0 Å². The third kappa shape index (κ3) is 5.03. The number of benzene rings is 2. The van der Waals surface area contributed by atoms with E-state index in [4.69, 9.17) is 9.47 Å². The maximum Gasteiger partial charge on any atom is 0.122 e. The molecule has 3 heteroatoms. The molecule has 0 radical (unpaired) electrons. The van der Waals surface area contributed by atoms with Crippen molar-refractivity contribution in [3.63, 3.8) is 0 Å². The molecule has 0 saturated heterocycles. The number of anilines is 1. The van der Waals surface area contributed by atoms with Crippen LogP contribution >= 0.6 is 0 Å². The smallest absolute Gasteiger partial charge is 0.122 e. The number of ether oxygens (including phenoxy) is 2. The molecule has 0 amide bonds. The first-order chi connectivity index (χ1) is 10.3. The maximum absolute atomic E-state index is 5.75. The number of hydrogen-bond acceptors (Lipinski definition) is 3. The summed E-state index contributed by atoms with van der Waals surface area (Å²) in [5, 5.41) is 3.34. The average molecular weight is 285 g/mol. The first-order valence-electron chi connectivity index (χ1n) is 7.44. The molecule has 3 nitrogen and oxygen atoms in total. The molecule has 0 aliphatic heterocycles. The topological polar surface area (TPSA) is 30.5 Å². The quantitative estimate of drug-likeness (QED) is 0.735. The van der Waals surface area contributed by atoms with Crippen molar-refractivity contribution in [2.45, 2.75) is 20.3 Å². The van der Waals surface area contributed by atoms with Crippen LogP contribution in [0.3, 0.4) is 0 Å². The Hall–Kier alpha value is -2.16. The van der Waals surface area contributed by atoms with Crippen LogP contribution < -0.4 is 14.8 Å². The van der Waals surface area contributed by atoms with Crippen molar-refractivity contribution in [1.29, 1.82) is 0 Å². The van der Waals surface area contributed by atoms with Crippen LogP contribution in [0.4, 0.5) is 5.69 Å². The van der Waals surface area contributed by atoms with Gasteiger partial charge in [0.2, 0.25) is 0 Å². The summed E-state index contributed by atoms with van der Waals surface area (Å²) in [6, 6.07) is 16.1. The minimum Gasteiger partial charge on any atom is -0.494 e. The van der Waals surface area contributed by atoms with Crippen molar-refractivity contribution in [3.05, 3.63) is 54.1 Å². The first kappa shape index (κ1) is 15.2. The van der Waals surface area contributed by atoms with Crippen molar-refractivity contribution in [1.82, 2.24) is 0 Å². The molecule has 0 fully saturated rings. The lowest BCUT2D eigenvalue weighted by Crippen LogP contribution is -2.11. The second-order valence-corrected chi connectivity index (χ2v) is 4.91. The van der Waals surface area contributed by atoms with Gasteiger partial charge in [-0.2, -0.15) is 0 Å². The third-order valence-corrected chi connectivity index (χ3v) is 3.11. The van der Waals surface area contributed by atoms with Crippen molar-refractivity contribution >= 4 is 5.69 Å². The van der Waals surface area contributed by atoms with Gasteiger partial charge >= 0.3 is 0 Å². The molecule has 2 aromatic rings. The van der Waals surface area contributed by atoms with Crippen LogP contribution in [0.5, 0.6) is 11.5 Å². The van der Waals surface area contributed by atoms with Crippen LogP contribution in [-0.4, -0.2) is 19.8 Å². The zero-order valence-electron chi connectivity index (χ0n) is 12.8. The largest absolute Gasteiger partial charge is 0.494 e. The second-order valence-electron chi connectivity index (χ2n) is 4.91. The minimum absolute atomic E-state index is 0.638. The summed E-state index contributed by atoms with van der Waals surface area (Å²) in [6.45, 7) is 6.32. The summed E-state index contributed by atoms with van der Waals surface area (Å²) in [5.41, 5.74) is 2.24. The highest BCUT2D eigenvalue weighted by molar-refractivity contribution is 5.46. The molecule has 0 bridgehead atoms. The van der Waals surface area contributed by atoms with E-state index in [1.165, 1.54) is 0 Å². The van der Waals surface area contributed by atoms with Gasteiger partial charge in [0, 0.05) is 12.2 Å². The van der Waals surface area contributed by atoms with Gasteiger partial charge in [-0.05, 0) is 49.2 Å². The monoisotopic (exact) mass is 285 g/mol. The lowest BCUT2D eigenvalue weighted by atomic mass is 10.2. The van der Waals surface area contributed by atoms with E-state index in [1.807, 2.05) is 42.5 Å². The zero-order chi connectivity index (χ0) is 14.9. The molecular formula is C18H23NO2. The molecule has 0 aliphatic carbocycles. The minimum atomic E-state index is 0.638. The van der Waals surface area contributed by atoms with Crippen molar-refractivity contribution in [2.75, 3.05) is 25.1 Å². The predicted molar refractivity (Wildman–Crippen MR) is 87.4 cm³/mol. The molecule has 2 rings (SSSR count). The van der Waals surface area contributed by atoms with E-state index in [0.717, 1.165) is 42.3 Å². The first-order valence-corrected chi connectivity index (χ1v) is 7.44. The summed E-state index contributed by atoms with van der Waals surface area (Å²) < 4.78 is 11.3. The molecule has 0 spiro atoms. The van der Waals surface area contributed by atoms with Gasteiger partial charge in [0.25, 0.3) is 0 Å². The van der Waals surface area contributed by atoms with Gasteiger partial charge in [-0.3, -0.25) is 0 Å². The van der Waals surface area contributed by atoms with Crippen LogP contribution in [-0.2, 0) is 0 Å². The summed E-state index contributed by atoms with van der Waals surface area (Å²) in [6.07, 6.45) is 1.02. The van der Waals surface area contributed by atoms with E-state index in [-0.39, 0.29) is 0 Å². The third-order valence-electron chi connectivity index (χ3n) is 3.11. The number of nitrogens with one attached hydrogen (secondary N) is 1. The van der Waals surface area contributed by atoms with Crippen LogP contribution in [0.15, 0.2) is 48.5 Å². The molecule has 0 heterocycles. The Morgan fingerprint density at radius 2 is 1.67 bits per heavy atom. The number of para-hydroxylation sites is 1. The van der Waals surface area contributed by atoms with Crippen LogP contribution in [0.2, 0.25) is 0 Å². The van der Waals surface area contributed by atoms with Gasteiger partial charge in [0.1, 0.15) is 18.1 Å². The van der Waals surface area contributed by atoms with Crippen LogP contribution in [0.25, 0.3) is 0 Å². The lowest BCUT2D eigenvalue weighted by Gasteiger charge is -2.11. The summed E-state index contributed by atoms with van der Waals surface area (Å²) >= 11 is 0. The van der Waals surface area contributed by atoms with Crippen LogP contribution in [0.1, 0.15) is 18.9 Å². The molecule has 21 heavy (non-hydrogen) atoms. The normalized spacial score (nSPS) is 10.2. The standard InChI is InChI=1S/C18H23NO2/c1-3-13-20-17-10-8-16(9-11-17)19-12-14-21-18-7-5-4-6-15(18)2/h4-11,19H,3,12-14H2,1-2H3. The summed E-state index contributed by atoms with van der Waals surface area (Å²) in [7, 11) is 0. The molecule has 112 valence electrons. The Morgan fingerprint density at radius 1 is 0.905 bits per heavy atom. The highest BCUT2D eigenvalue weighted by Gasteiger charge is 1.98. The summed E-state index contributed by atoms with van der Waals surface area (Å²) in [5.74, 6) is 1.86. The lowest BCUT2D eigenvalue weighted by molar-refractivity contribution is 0.317. The SMILES string of the molecule is CCCOc1ccc(NCCOc2ccccc2C)cc1. The molecule has 0 aliphatic rings. The number of hydrogen-bond donors (Lipinski definition) is 1. The van der Waals surface area contributed by atoms with Crippen molar-refractivity contribution in [2.24, 2.45) is 0 Å². The maximum atomic E-state index is 5.75. The molecule has 2 aromatic carbocycles. The Kier molecular flexibility index (Phi) is 5.95. The fourth-order valence-corrected chi connectivity index (χ4v) is 1.96. The van der Waals surface area contributed by atoms with Crippen molar-refractivity contribution < 1.29 is 9.47 Å². The Labute approximate surface area is 126 Å². The Morgan fingerprint density at radius 3 is 2.38 bits per heavy atom. The predicted octanol–water partition coefficient (Wildman–Crippen LogP) is 4.27. The van der Waals surface area contributed by atoms with Gasteiger partial charge in [0.05, 0.1) is 6.61 Å². The molecule has 1 N–H and O–H groups in total. The molecular weight excluding hydrogens is 262 g/mol. The van der Waals surface area contributed by atoms with Gasteiger partial charge in [0.15, 0.2) is 0 Å². The van der Waals surface area contributed by atoms with Gasteiger partial charge in [-0.15, -0.1) is 0 Å². The zero-order valence-corrected chi connectivity index (χ0v) is 12.8. The fraction of sp³-hybridized carbons (Fsp3) is 0.333. The highest BCUT2D eigenvalue weighted by atomic mass is 16.5. The van der Waals surface area contributed by atoms with E-state index in [9.17, 15) is 0 Å². The fourth-order valence-electron chi connectivity index (χ4n) is 1.96. The van der Waals surface area contributed by atoms with E-state index < -0.39 is 0 Å². The average Bonchev–Trinajstić information content (AvgIpc) is 2.52. The van der Waals surface area contributed by atoms with E-state index in [2.05, 4.69) is 25.2 Å². The number of rotatable bonds is 8. The van der Waals surface area contributed by atoms with Gasteiger partial charge in [-0.1, -0.05) is 25.1 Å². The van der Waals surface area contributed by atoms with E-state index >= 15 is 0 Å². The van der Waals surface area contributed by atoms with E-state index in [0.29, 0.717) is 6.61 Å². The van der Waals surface area contributed by atoms with Gasteiger partial charge < -0.3 is 14.8 Å².